The Morgan fingerprint density at radius 2 is 2.10 bits per heavy atom. The molecule has 0 bridgehead atoms. The molecule has 2 aliphatic heterocycles. The van der Waals surface area contributed by atoms with Crippen molar-refractivity contribution in [3.05, 3.63) is 0 Å². The third kappa shape index (κ3) is 3.36. The average Bonchev–Trinajstić information content (AvgIpc) is 3.12. The van der Waals surface area contributed by atoms with E-state index in [4.69, 9.17) is 4.74 Å². The zero-order chi connectivity index (χ0) is 13.8. The van der Waals surface area contributed by atoms with Gasteiger partial charge in [0.15, 0.2) is 0 Å². The summed E-state index contributed by atoms with van der Waals surface area (Å²) in [5.74, 6) is 4.53. The van der Waals surface area contributed by atoms with Gasteiger partial charge in [0.25, 0.3) is 0 Å². The van der Waals surface area contributed by atoms with Gasteiger partial charge in [-0.05, 0) is 68.4 Å². The van der Waals surface area contributed by atoms with Crippen molar-refractivity contribution in [3.8, 4) is 0 Å². The van der Waals surface area contributed by atoms with Crippen LogP contribution in [0.3, 0.4) is 0 Å². The van der Waals surface area contributed by atoms with Crippen LogP contribution in [0.5, 0.6) is 0 Å². The molecule has 3 unspecified atom stereocenters. The topological polar surface area (TPSA) is 21.3 Å². The highest BCUT2D eigenvalue weighted by Crippen LogP contribution is 2.44. The van der Waals surface area contributed by atoms with Gasteiger partial charge < -0.3 is 10.1 Å². The zero-order valence-corrected chi connectivity index (χ0v) is 13.9. The third-order valence-corrected chi connectivity index (χ3v) is 6.84. The summed E-state index contributed by atoms with van der Waals surface area (Å²) in [7, 11) is 0. The van der Waals surface area contributed by atoms with Gasteiger partial charge >= 0.3 is 0 Å². The van der Waals surface area contributed by atoms with E-state index in [2.05, 4.69) is 24.0 Å². The molecule has 0 aromatic rings. The van der Waals surface area contributed by atoms with Crippen LogP contribution in [0, 0.1) is 11.8 Å². The predicted octanol–water partition coefficient (Wildman–Crippen LogP) is 3.85. The fourth-order valence-electron chi connectivity index (χ4n) is 4.61. The summed E-state index contributed by atoms with van der Waals surface area (Å²) in [5, 5.41) is 3.92. The lowest BCUT2D eigenvalue weighted by Gasteiger charge is -2.43. The van der Waals surface area contributed by atoms with E-state index < -0.39 is 0 Å². The van der Waals surface area contributed by atoms with Crippen molar-refractivity contribution in [2.75, 3.05) is 24.7 Å². The second-order valence-corrected chi connectivity index (χ2v) is 8.24. The minimum atomic E-state index is 0.279. The molecule has 3 aliphatic rings. The molecule has 3 heteroatoms. The first kappa shape index (κ1) is 15.2. The van der Waals surface area contributed by atoms with Gasteiger partial charge in [-0.15, -0.1) is 0 Å². The largest absolute Gasteiger partial charge is 0.375 e. The molecule has 2 nitrogen and oxygen atoms in total. The summed E-state index contributed by atoms with van der Waals surface area (Å²) in [6, 6.07) is 0.756. The van der Waals surface area contributed by atoms with Crippen molar-refractivity contribution in [2.45, 2.75) is 69.9 Å². The Bertz CT molecular complexity index is 297. The van der Waals surface area contributed by atoms with Crippen LogP contribution in [0.2, 0.25) is 0 Å². The van der Waals surface area contributed by atoms with E-state index in [9.17, 15) is 0 Å². The highest BCUT2D eigenvalue weighted by molar-refractivity contribution is 7.99. The van der Waals surface area contributed by atoms with Crippen LogP contribution >= 0.6 is 11.8 Å². The summed E-state index contributed by atoms with van der Waals surface area (Å²) in [5.41, 5.74) is 0.279. The van der Waals surface area contributed by atoms with Crippen molar-refractivity contribution >= 4 is 11.8 Å². The maximum absolute atomic E-state index is 6.24. The quantitative estimate of drug-likeness (QED) is 0.833. The van der Waals surface area contributed by atoms with Crippen molar-refractivity contribution < 1.29 is 4.74 Å². The smallest absolute Gasteiger partial charge is 0.0685 e. The lowest BCUT2D eigenvalue weighted by molar-refractivity contribution is -0.100. The predicted molar refractivity (Wildman–Crippen MR) is 87.4 cm³/mol. The molecule has 3 rings (SSSR count). The highest BCUT2D eigenvalue weighted by Gasteiger charge is 2.43. The zero-order valence-electron chi connectivity index (χ0n) is 13.0. The molecule has 3 fully saturated rings. The monoisotopic (exact) mass is 297 g/mol. The maximum Gasteiger partial charge on any atom is 0.0685 e. The Balaban J connectivity index is 1.65. The summed E-state index contributed by atoms with van der Waals surface area (Å²) in [6.07, 6.45) is 10.7. The molecule has 1 aliphatic carbocycles. The molecule has 116 valence electrons. The normalized spacial score (nSPS) is 34.6. The maximum atomic E-state index is 6.24. The molecule has 2 saturated heterocycles. The Morgan fingerprint density at radius 3 is 2.80 bits per heavy atom. The van der Waals surface area contributed by atoms with Crippen LogP contribution in [0.4, 0.5) is 0 Å². The van der Waals surface area contributed by atoms with Crippen molar-refractivity contribution in [3.63, 3.8) is 0 Å². The molecule has 3 atom stereocenters. The standard InChI is InChI=1S/C17H31NOS/c1-2-9-18-16(15-6-11-20-13-15)14-5-10-19-17(12-14)7-3-4-8-17/h14-16,18H,2-13H2,1H3. The van der Waals surface area contributed by atoms with Crippen molar-refractivity contribution in [1.82, 2.24) is 5.32 Å². The van der Waals surface area contributed by atoms with Gasteiger partial charge in [-0.25, -0.2) is 0 Å². The van der Waals surface area contributed by atoms with E-state index in [0.717, 1.165) is 24.5 Å². The Kier molecular flexibility index (Phi) is 5.33. The summed E-state index contributed by atoms with van der Waals surface area (Å²) < 4.78 is 6.24. The summed E-state index contributed by atoms with van der Waals surface area (Å²) in [4.78, 5) is 0. The Labute approximate surface area is 128 Å². The molecule has 0 aromatic heterocycles. The summed E-state index contributed by atoms with van der Waals surface area (Å²) in [6.45, 7) is 4.49. The van der Waals surface area contributed by atoms with Gasteiger partial charge in [-0.3, -0.25) is 0 Å². The SMILES string of the molecule is CCCNC(C1CCSC1)C1CCOC2(CCCC2)C1. The molecule has 2 heterocycles. The highest BCUT2D eigenvalue weighted by atomic mass is 32.2. The minimum Gasteiger partial charge on any atom is -0.375 e. The second kappa shape index (κ2) is 7.02. The fraction of sp³-hybridized carbons (Fsp3) is 1.00. The van der Waals surface area contributed by atoms with E-state index in [1.54, 1.807) is 0 Å². The molecule has 1 spiro atoms. The number of ether oxygens (including phenoxy) is 1. The van der Waals surface area contributed by atoms with Gasteiger partial charge in [-0.1, -0.05) is 19.8 Å². The number of rotatable bonds is 5. The van der Waals surface area contributed by atoms with Crippen LogP contribution in [0.25, 0.3) is 0 Å². The van der Waals surface area contributed by atoms with Gasteiger partial charge in [0.1, 0.15) is 0 Å². The van der Waals surface area contributed by atoms with Gasteiger partial charge in [-0.2, -0.15) is 11.8 Å². The molecule has 20 heavy (non-hydrogen) atoms. The minimum absolute atomic E-state index is 0.279. The van der Waals surface area contributed by atoms with Crippen molar-refractivity contribution in [1.29, 1.82) is 0 Å². The average molecular weight is 298 g/mol. The number of thioether (sulfide) groups is 1. The van der Waals surface area contributed by atoms with E-state index in [1.807, 2.05) is 0 Å². The first-order valence-corrected chi connectivity index (χ1v) is 9.93. The molecule has 1 N–H and O–H groups in total. The summed E-state index contributed by atoms with van der Waals surface area (Å²) >= 11 is 2.16. The van der Waals surface area contributed by atoms with Gasteiger partial charge in [0, 0.05) is 12.6 Å². The Hall–Kier alpha value is 0.270. The van der Waals surface area contributed by atoms with E-state index in [-0.39, 0.29) is 5.60 Å². The van der Waals surface area contributed by atoms with Gasteiger partial charge in [0.2, 0.25) is 0 Å². The molecule has 0 radical (unpaired) electrons. The molecular formula is C17H31NOS. The fourth-order valence-corrected chi connectivity index (χ4v) is 5.92. The lowest BCUT2D eigenvalue weighted by Crippen LogP contribution is -2.49. The van der Waals surface area contributed by atoms with Crippen LogP contribution in [0.15, 0.2) is 0 Å². The molecule has 0 aromatic carbocycles. The molecular weight excluding hydrogens is 266 g/mol. The number of hydrogen-bond acceptors (Lipinski definition) is 3. The van der Waals surface area contributed by atoms with E-state index in [0.29, 0.717) is 0 Å². The third-order valence-electron chi connectivity index (χ3n) is 5.66. The number of nitrogens with one attached hydrogen (secondary N) is 1. The Morgan fingerprint density at radius 1 is 1.25 bits per heavy atom. The first-order chi connectivity index (χ1) is 9.83. The molecule has 1 saturated carbocycles. The van der Waals surface area contributed by atoms with Crippen LogP contribution < -0.4 is 5.32 Å². The van der Waals surface area contributed by atoms with Crippen LogP contribution in [0.1, 0.15) is 58.3 Å². The van der Waals surface area contributed by atoms with E-state index in [1.165, 1.54) is 69.4 Å². The molecule has 0 amide bonds. The van der Waals surface area contributed by atoms with Gasteiger partial charge in [0.05, 0.1) is 5.60 Å². The number of hydrogen-bond donors (Lipinski definition) is 1. The van der Waals surface area contributed by atoms with Crippen LogP contribution in [-0.2, 0) is 4.74 Å². The first-order valence-electron chi connectivity index (χ1n) is 8.78. The lowest BCUT2D eigenvalue weighted by atomic mass is 9.76. The van der Waals surface area contributed by atoms with Crippen molar-refractivity contribution in [2.24, 2.45) is 11.8 Å². The van der Waals surface area contributed by atoms with E-state index >= 15 is 0 Å². The second-order valence-electron chi connectivity index (χ2n) is 7.10. The van der Waals surface area contributed by atoms with Crippen LogP contribution in [-0.4, -0.2) is 36.3 Å².